The summed E-state index contributed by atoms with van der Waals surface area (Å²) in [5.74, 6) is 1.20. The molecule has 7 heteroatoms. The molecule has 3 heterocycles. The van der Waals surface area contributed by atoms with E-state index >= 15 is 0 Å². The van der Waals surface area contributed by atoms with Crippen LogP contribution in [0.15, 0.2) is 28.9 Å². The molecule has 0 aromatic carbocycles. The summed E-state index contributed by atoms with van der Waals surface area (Å²) in [5, 5.41) is 7.21. The Bertz CT molecular complexity index is 779. The van der Waals surface area contributed by atoms with Crippen molar-refractivity contribution in [1.82, 2.24) is 20.0 Å². The number of rotatable bonds is 4. The van der Waals surface area contributed by atoms with E-state index in [4.69, 9.17) is 4.42 Å². The first-order chi connectivity index (χ1) is 11.9. The number of amides is 2. The highest BCUT2D eigenvalue weighted by Crippen LogP contribution is 2.36. The van der Waals surface area contributed by atoms with Gasteiger partial charge in [-0.15, -0.1) is 0 Å². The Hall–Kier alpha value is -2.57. The molecule has 2 aromatic heterocycles. The zero-order valence-corrected chi connectivity index (χ0v) is 15.0. The second kappa shape index (κ2) is 6.74. The number of hydrogen-bond donors (Lipinski definition) is 1. The van der Waals surface area contributed by atoms with Crippen LogP contribution in [-0.2, 0) is 16.6 Å². The van der Waals surface area contributed by atoms with E-state index in [1.165, 1.54) is 0 Å². The van der Waals surface area contributed by atoms with Crippen molar-refractivity contribution in [1.29, 1.82) is 0 Å². The van der Waals surface area contributed by atoms with Crippen LogP contribution in [0.1, 0.15) is 48.9 Å². The standard InChI is InChI=1S/C18H24N4O3/c1-11-5-7-15(25-11)12(2)20-18(24)14-6-8-16(23)22(4)17(14)13-9-19-21(3)10-13/h5,7,9-10,12,14,17H,6,8H2,1-4H3,(H,20,24)/t12-,14-,17-/m0/s1. The van der Waals surface area contributed by atoms with Gasteiger partial charge in [-0.25, -0.2) is 0 Å². The molecule has 3 rings (SSSR count). The lowest BCUT2D eigenvalue weighted by molar-refractivity contribution is -0.141. The predicted molar refractivity (Wildman–Crippen MR) is 91.4 cm³/mol. The number of likely N-dealkylation sites (tertiary alicyclic amines) is 1. The number of carbonyl (C=O) groups is 2. The van der Waals surface area contributed by atoms with Gasteiger partial charge in [0, 0.05) is 32.3 Å². The third kappa shape index (κ3) is 3.45. The van der Waals surface area contributed by atoms with Gasteiger partial charge < -0.3 is 14.6 Å². The maximum absolute atomic E-state index is 12.9. The molecule has 1 aliphatic rings. The van der Waals surface area contributed by atoms with Crippen LogP contribution in [-0.4, -0.2) is 33.5 Å². The number of aromatic nitrogens is 2. The minimum Gasteiger partial charge on any atom is -0.464 e. The first kappa shape index (κ1) is 17.3. The van der Waals surface area contributed by atoms with Gasteiger partial charge in [-0.05, 0) is 32.4 Å². The summed E-state index contributed by atoms with van der Waals surface area (Å²) in [4.78, 5) is 26.7. The molecule has 3 atom stereocenters. The third-order valence-electron chi connectivity index (χ3n) is 4.81. The maximum atomic E-state index is 12.9. The Labute approximate surface area is 147 Å². The van der Waals surface area contributed by atoms with Crippen molar-refractivity contribution in [2.45, 2.75) is 38.8 Å². The molecule has 1 N–H and O–H groups in total. The van der Waals surface area contributed by atoms with Crippen LogP contribution in [0.2, 0.25) is 0 Å². The van der Waals surface area contributed by atoms with Crippen LogP contribution in [0, 0.1) is 12.8 Å². The van der Waals surface area contributed by atoms with E-state index in [1.54, 1.807) is 22.8 Å². The Morgan fingerprint density at radius 1 is 1.40 bits per heavy atom. The van der Waals surface area contributed by atoms with Crippen LogP contribution in [0.4, 0.5) is 0 Å². The Morgan fingerprint density at radius 3 is 2.76 bits per heavy atom. The number of piperidine rings is 1. The van der Waals surface area contributed by atoms with E-state index in [1.807, 2.05) is 39.2 Å². The fraction of sp³-hybridized carbons (Fsp3) is 0.500. The molecule has 1 saturated heterocycles. The Balaban J connectivity index is 1.80. The molecule has 7 nitrogen and oxygen atoms in total. The molecule has 0 aliphatic carbocycles. The van der Waals surface area contributed by atoms with Crippen molar-refractivity contribution in [3.05, 3.63) is 41.6 Å². The van der Waals surface area contributed by atoms with Gasteiger partial charge in [0.25, 0.3) is 0 Å². The van der Waals surface area contributed by atoms with Gasteiger partial charge in [0.1, 0.15) is 11.5 Å². The lowest BCUT2D eigenvalue weighted by atomic mass is 9.85. The van der Waals surface area contributed by atoms with E-state index in [9.17, 15) is 9.59 Å². The van der Waals surface area contributed by atoms with Crippen LogP contribution < -0.4 is 5.32 Å². The zero-order chi connectivity index (χ0) is 18.1. The van der Waals surface area contributed by atoms with Crippen molar-refractivity contribution < 1.29 is 14.0 Å². The molecule has 1 fully saturated rings. The molecule has 2 amide bonds. The highest BCUT2D eigenvalue weighted by atomic mass is 16.3. The van der Waals surface area contributed by atoms with Crippen LogP contribution in [0.25, 0.3) is 0 Å². The smallest absolute Gasteiger partial charge is 0.226 e. The number of nitrogens with zero attached hydrogens (tertiary/aromatic N) is 3. The normalized spacial score (nSPS) is 22.1. The molecule has 0 saturated carbocycles. The minimum atomic E-state index is -0.314. The minimum absolute atomic E-state index is 0.0487. The predicted octanol–water partition coefficient (Wildman–Crippen LogP) is 2.11. The highest BCUT2D eigenvalue weighted by molar-refractivity contribution is 5.85. The lowest BCUT2D eigenvalue weighted by Gasteiger charge is -2.38. The zero-order valence-electron chi connectivity index (χ0n) is 15.0. The summed E-state index contributed by atoms with van der Waals surface area (Å²) in [6, 6.07) is 3.22. The second-order valence-corrected chi connectivity index (χ2v) is 6.72. The molecule has 0 spiro atoms. The van der Waals surface area contributed by atoms with Crippen LogP contribution in [0.3, 0.4) is 0 Å². The lowest BCUT2D eigenvalue weighted by Crippen LogP contribution is -2.46. The van der Waals surface area contributed by atoms with Gasteiger partial charge >= 0.3 is 0 Å². The summed E-state index contributed by atoms with van der Waals surface area (Å²) in [6.45, 7) is 3.77. The largest absolute Gasteiger partial charge is 0.464 e. The maximum Gasteiger partial charge on any atom is 0.226 e. The number of furan rings is 1. The number of nitrogens with one attached hydrogen (secondary N) is 1. The number of hydrogen-bond acceptors (Lipinski definition) is 4. The average molecular weight is 344 g/mol. The summed E-state index contributed by atoms with van der Waals surface area (Å²) < 4.78 is 7.28. The molecular formula is C18H24N4O3. The molecule has 134 valence electrons. The molecular weight excluding hydrogens is 320 g/mol. The molecule has 0 bridgehead atoms. The SMILES string of the molecule is Cc1ccc([C@H](C)NC(=O)[C@H]2CCC(=O)N(C)[C@H]2c2cnn(C)c2)o1. The monoisotopic (exact) mass is 344 g/mol. The van der Waals surface area contributed by atoms with Gasteiger partial charge in [0.2, 0.25) is 11.8 Å². The molecule has 1 aliphatic heterocycles. The molecule has 2 aromatic rings. The average Bonchev–Trinajstić information content (AvgIpc) is 3.18. The fourth-order valence-electron chi connectivity index (χ4n) is 3.44. The highest BCUT2D eigenvalue weighted by Gasteiger charge is 2.39. The first-order valence-electron chi connectivity index (χ1n) is 8.47. The van der Waals surface area contributed by atoms with E-state index in [2.05, 4.69) is 10.4 Å². The summed E-state index contributed by atoms with van der Waals surface area (Å²) in [7, 11) is 3.57. The van der Waals surface area contributed by atoms with E-state index in [0.29, 0.717) is 12.8 Å². The molecule has 25 heavy (non-hydrogen) atoms. The van der Waals surface area contributed by atoms with Gasteiger partial charge in [-0.2, -0.15) is 5.10 Å². The Morgan fingerprint density at radius 2 is 2.16 bits per heavy atom. The van der Waals surface area contributed by atoms with Crippen molar-refractivity contribution in [2.75, 3.05) is 7.05 Å². The summed E-state index contributed by atoms with van der Waals surface area (Å²) in [6.07, 6.45) is 4.48. The van der Waals surface area contributed by atoms with Gasteiger partial charge in [0.05, 0.1) is 24.2 Å². The summed E-state index contributed by atoms with van der Waals surface area (Å²) in [5.41, 5.74) is 0.875. The van der Waals surface area contributed by atoms with Gasteiger partial charge in [-0.1, -0.05) is 0 Å². The van der Waals surface area contributed by atoms with Crippen molar-refractivity contribution >= 4 is 11.8 Å². The first-order valence-corrected chi connectivity index (χ1v) is 8.47. The fourth-order valence-corrected chi connectivity index (χ4v) is 3.44. The Kier molecular flexibility index (Phi) is 4.65. The van der Waals surface area contributed by atoms with Crippen molar-refractivity contribution in [3.63, 3.8) is 0 Å². The van der Waals surface area contributed by atoms with Gasteiger partial charge in [-0.3, -0.25) is 14.3 Å². The van der Waals surface area contributed by atoms with E-state index < -0.39 is 0 Å². The third-order valence-corrected chi connectivity index (χ3v) is 4.81. The van der Waals surface area contributed by atoms with Crippen molar-refractivity contribution in [3.8, 4) is 0 Å². The summed E-state index contributed by atoms with van der Waals surface area (Å²) >= 11 is 0. The van der Waals surface area contributed by atoms with Crippen LogP contribution >= 0.6 is 0 Å². The van der Waals surface area contributed by atoms with Crippen molar-refractivity contribution in [2.24, 2.45) is 13.0 Å². The van der Waals surface area contributed by atoms with Crippen LogP contribution in [0.5, 0.6) is 0 Å². The topological polar surface area (TPSA) is 80.4 Å². The quantitative estimate of drug-likeness (QED) is 0.921. The number of aryl methyl sites for hydroxylation is 2. The molecule has 0 radical (unpaired) electrons. The van der Waals surface area contributed by atoms with E-state index in [-0.39, 0.29) is 29.8 Å². The van der Waals surface area contributed by atoms with Gasteiger partial charge in [0.15, 0.2) is 0 Å². The molecule has 0 unspecified atom stereocenters. The second-order valence-electron chi connectivity index (χ2n) is 6.72. The van der Waals surface area contributed by atoms with E-state index in [0.717, 1.165) is 17.1 Å². The number of carbonyl (C=O) groups excluding carboxylic acids is 2.